The zero-order valence-corrected chi connectivity index (χ0v) is 49.0. The Balaban J connectivity index is 0.845. The number of esters is 1. The number of aliphatic hydroxyl groups is 14. The molecule has 9 fully saturated rings. The zero-order chi connectivity index (χ0) is 60.6. The van der Waals surface area contributed by atoms with E-state index in [9.17, 15) is 71.5 Å². The number of ether oxygens (including phenoxy) is 10. The van der Waals surface area contributed by atoms with E-state index in [1.807, 2.05) is 0 Å². The third-order valence-corrected chi connectivity index (χ3v) is 22.7. The van der Waals surface area contributed by atoms with Crippen molar-refractivity contribution in [3.63, 3.8) is 0 Å². The Bertz CT molecular complexity index is 2330. The molecular formula is C58H94O25. The summed E-state index contributed by atoms with van der Waals surface area (Å²) < 4.78 is 59.6. The standard InChI is InChI=1S/C58H94O25/c1-23-44(80-47-40(69)34(63)27(60)21-74-47)38(67)42(71)48(76-23)79-33-13-14-55(7)30(54(33,5)6)12-15-56(8)31(55)11-10-25-26-18-53(3,4)16-17-58(26,32(62)19-57(25,56)9)52(73)83-51-46(35(64)28(61)22-75-51)82-49-43(72)39(68)45(24(2)77-49)81-50-41(70)37(66)36(65)29(20-59)78-50/h10,23-24,26-51,59-72H,11-22H2,1-9H3/t23-,24+,26+,27-,28-,29+,30-,31+,32+,33+,34+,35-,36-,37-,38+,39-,40-,41+,42-,43+,44+,45+,46-,47+,48-,49-,50+,51+,55-,56+,57+,58-/m1/s1. The third kappa shape index (κ3) is 10.6. The fraction of sp³-hybridized carbons (Fsp3) is 0.948. The van der Waals surface area contributed by atoms with E-state index in [0.717, 1.165) is 24.8 Å². The number of carbonyl (C=O) groups is 1. The monoisotopic (exact) mass is 1190 g/mol. The van der Waals surface area contributed by atoms with Gasteiger partial charge in [0.05, 0.1) is 44.2 Å². The van der Waals surface area contributed by atoms with E-state index >= 15 is 4.79 Å². The maximum absolute atomic E-state index is 15.4. The topological polar surface area (TPSA) is 393 Å². The number of carbonyl (C=O) groups excluding carboxylic acids is 1. The van der Waals surface area contributed by atoms with Crippen LogP contribution in [-0.2, 0) is 52.2 Å². The second kappa shape index (κ2) is 23.3. The van der Waals surface area contributed by atoms with Crippen LogP contribution in [0.2, 0.25) is 0 Å². The van der Waals surface area contributed by atoms with E-state index in [-0.39, 0.29) is 47.5 Å². The lowest BCUT2D eigenvalue weighted by atomic mass is 9.33. The number of allylic oxidation sites excluding steroid dienone is 2. The molecule has 10 aliphatic rings. The lowest BCUT2D eigenvalue weighted by molar-refractivity contribution is -0.374. The van der Waals surface area contributed by atoms with Crippen molar-refractivity contribution in [3.8, 4) is 0 Å². The quantitative estimate of drug-likeness (QED) is 0.0610. The maximum Gasteiger partial charge on any atom is 0.317 e. The van der Waals surface area contributed by atoms with Gasteiger partial charge in [0.1, 0.15) is 97.0 Å². The average molecular weight is 1190 g/mol. The lowest BCUT2D eigenvalue weighted by Gasteiger charge is -2.71. The van der Waals surface area contributed by atoms with Crippen LogP contribution >= 0.6 is 0 Å². The molecular weight excluding hydrogens is 1100 g/mol. The molecule has 25 nitrogen and oxygen atoms in total. The molecule has 5 aliphatic carbocycles. The van der Waals surface area contributed by atoms with Crippen LogP contribution in [-0.4, -0.2) is 251 Å². The smallest absolute Gasteiger partial charge is 0.317 e. The van der Waals surface area contributed by atoms with E-state index in [2.05, 4.69) is 54.5 Å². The molecule has 0 aromatic rings. The summed E-state index contributed by atoms with van der Waals surface area (Å²) in [5.74, 6) is -1.00. The van der Waals surface area contributed by atoms with Crippen molar-refractivity contribution in [2.75, 3.05) is 19.8 Å². The van der Waals surface area contributed by atoms with Gasteiger partial charge in [-0.2, -0.15) is 0 Å². The normalized spacial score (nSPS) is 55.1. The minimum Gasteiger partial charge on any atom is -0.432 e. The molecule has 0 unspecified atom stereocenters. The molecule has 25 heteroatoms. The number of rotatable bonds is 11. The molecule has 0 radical (unpaired) electrons. The van der Waals surface area contributed by atoms with Crippen molar-refractivity contribution < 1.29 is 124 Å². The zero-order valence-electron chi connectivity index (χ0n) is 49.0. The SMILES string of the molecule is C[C@@H]1O[C@H](O[C@H]2[C@H](OC(=O)[C@]34CCC(C)(C)C[C@H]3C3=CC[C@H]5[C@]6(C)CC[C@H](O[C@H]7O[C@H](C)[C@H](O[C@@H]8OC[C@@H](O)[C@H](O)[C@H]8O)[C@@H](O)[C@H]7O)C(C)(C)[C@H]6CC[C@]5(C)[C@@]3(C)C[C@@H]4O)OC[C@@H](O)[C@H]2O)[C@@H](O)[C@@H](O)[C@H]1O[C@@H]1O[C@@H](CO)[C@@H](O)[C@@H](O)[C@@H]1O. The van der Waals surface area contributed by atoms with Gasteiger partial charge in [-0.05, 0) is 116 Å². The molecule has 5 saturated heterocycles. The van der Waals surface area contributed by atoms with Gasteiger partial charge in [0.15, 0.2) is 31.3 Å². The second-order valence-electron chi connectivity index (χ2n) is 28.3. The van der Waals surface area contributed by atoms with Crippen molar-refractivity contribution in [1.82, 2.24) is 0 Å². The molecule has 4 saturated carbocycles. The van der Waals surface area contributed by atoms with E-state index in [0.29, 0.717) is 25.7 Å². The highest BCUT2D eigenvalue weighted by Crippen LogP contribution is 2.76. The highest BCUT2D eigenvalue weighted by molar-refractivity contribution is 5.80. The Labute approximate surface area is 483 Å². The molecule has 14 N–H and O–H groups in total. The first-order valence-electron chi connectivity index (χ1n) is 30.0. The first kappa shape index (κ1) is 64.3. The molecule has 5 aliphatic heterocycles. The van der Waals surface area contributed by atoms with Crippen LogP contribution < -0.4 is 0 Å². The molecule has 0 spiro atoms. The Hall–Kier alpha value is -1.71. The minimum absolute atomic E-state index is 0.129. The molecule has 0 amide bonds. The van der Waals surface area contributed by atoms with Crippen LogP contribution in [0.5, 0.6) is 0 Å². The van der Waals surface area contributed by atoms with Crippen LogP contribution in [0.1, 0.15) is 120 Å². The lowest BCUT2D eigenvalue weighted by Crippen LogP contribution is -2.68. The summed E-state index contributed by atoms with van der Waals surface area (Å²) in [4.78, 5) is 15.4. The number of fused-ring (bicyclic) bond motifs is 7. The summed E-state index contributed by atoms with van der Waals surface area (Å²) in [5, 5.41) is 152. The molecule has 5 heterocycles. The molecule has 476 valence electrons. The van der Waals surface area contributed by atoms with Crippen LogP contribution in [0, 0.1) is 50.2 Å². The van der Waals surface area contributed by atoms with Gasteiger partial charge in [0.25, 0.3) is 0 Å². The summed E-state index contributed by atoms with van der Waals surface area (Å²) >= 11 is 0. The highest BCUT2D eigenvalue weighted by Gasteiger charge is 2.72. The van der Waals surface area contributed by atoms with E-state index in [4.69, 9.17) is 47.4 Å². The third-order valence-electron chi connectivity index (χ3n) is 22.7. The van der Waals surface area contributed by atoms with Gasteiger partial charge >= 0.3 is 5.97 Å². The molecule has 32 atom stereocenters. The second-order valence-corrected chi connectivity index (χ2v) is 28.3. The number of hydrogen-bond acceptors (Lipinski definition) is 25. The van der Waals surface area contributed by atoms with Gasteiger partial charge in [0.2, 0.25) is 6.29 Å². The maximum atomic E-state index is 15.4. The fourth-order valence-corrected chi connectivity index (χ4v) is 17.5. The van der Waals surface area contributed by atoms with Crippen molar-refractivity contribution >= 4 is 5.97 Å². The van der Waals surface area contributed by atoms with Gasteiger partial charge in [0, 0.05) is 0 Å². The van der Waals surface area contributed by atoms with Crippen molar-refractivity contribution in [2.24, 2.45) is 50.2 Å². The molecule has 0 aromatic carbocycles. The number of hydrogen-bond donors (Lipinski definition) is 14. The summed E-state index contributed by atoms with van der Waals surface area (Å²) in [6, 6.07) is 0. The van der Waals surface area contributed by atoms with Crippen LogP contribution in [0.4, 0.5) is 0 Å². The minimum atomic E-state index is -1.93. The average Bonchev–Trinajstić information content (AvgIpc) is 3.53. The highest BCUT2D eigenvalue weighted by atomic mass is 16.8. The van der Waals surface area contributed by atoms with Crippen molar-refractivity contribution in [2.45, 2.75) is 274 Å². The first-order valence-corrected chi connectivity index (χ1v) is 30.0. The van der Waals surface area contributed by atoms with E-state index in [1.54, 1.807) is 6.92 Å². The first-order chi connectivity index (χ1) is 38.8. The van der Waals surface area contributed by atoms with E-state index in [1.165, 1.54) is 6.92 Å². The van der Waals surface area contributed by atoms with Gasteiger partial charge in [-0.1, -0.05) is 60.1 Å². The van der Waals surface area contributed by atoms with Gasteiger partial charge < -0.3 is 119 Å². The van der Waals surface area contributed by atoms with Crippen molar-refractivity contribution in [1.29, 1.82) is 0 Å². The largest absolute Gasteiger partial charge is 0.432 e. The predicted molar refractivity (Wildman–Crippen MR) is 282 cm³/mol. The van der Waals surface area contributed by atoms with E-state index < -0.39 is 195 Å². The molecule has 0 bridgehead atoms. The Morgan fingerprint density at radius 1 is 0.554 bits per heavy atom. The van der Waals surface area contributed by atoms with Gasteiger partial charge in [-0.15, -0.1) is 0 Å². The molecule has 83 heavy (non-hydrogen) atoms. The number of aliphatic hydroxyl groups excluding tert-OH is 14. The Morgan fingerprint density at radius 3 is 1.72 bits per heavy atom. The van der Waals surface area contributed by atoms with Crippen LogP contribution in [0.3, 0.4) is 0 Å². The molecule has 10 rings (SSSR count). The summed E-state index contributed by atoms with van der Waals surface area (Å²) in [7, 11) is 0. The van der Waals surface area contributed by atoms with Crippen LogP contribution in [0.15, 0.2) is 11.6 Å². The predicted octanol–water partition coefficient (Wildman–Crippen LogP) is -1.91. The molecule has 0 aromatic heterocycles. The Morgan fingerprint density at radius 2 is 1.10 bits per heavy atom. The summed E-state index contributed by atoms with van der Waals surface area (Å²) in [6.45, 7) is 17.2. The van der Waals surface area contributed by atoms with Gasteiger partial charge in [-0.3, -0.25) is 4.79 Å². The Kier molecular flexibility index (Phi) is 18.0. The van der Waals surface area contributed by atoms with Gasteiger partial charge in [-0.25, -0.2) is 0 Å². The van der Waals surface area contributed by atoms with Crippen molar-refractivity contribution in [3.05, 3.63) is 11.6 Å². The van der Waals surface area contributed by atoms with Crippen LogP contribution in [0.25, 0.3) is 0 Å². The summed E-state index contributed by atoms with van der Waals surface area (Å²) in [5.41, 5.74) is -2.28. The fourth-order valence-electron chi connectivity index (χ4n) is 17.5. The summed E-state index contributed by atoms with van der Waals surface area (Å²) in [6.07, 6.45) is -29.2.